The lowest BCUT2D eigenvalue weighted by molar-refractivity contribution is 0.0608. The molecule has 0 atom stereocenters. The van der Waals surface area contributed by atoms with E-state index in [4.69, 9.17) is 0 Å². The first-order valence-corrected chi connectivity index (χ1v) is 10.3. The molecule has 0 aliphatic carbocycles. The van der Waals surface area contributed by atoms with Gasteiger partial charge in [-0.15, -0.1) is 0 Å². The zero-order chi connectivity index (χ0) is 19.0. The molecule has 0 bridgehead atoms. The third kappa shape index (κ3) is 3.20. The van der Waals surface area contributed by atoms with Gasteiger partial charge in [0.15, 0.2) is 0 Å². The van der Waals surface area contributed by atoms with E-state index < -0.39 is 0 Å². The first-order valence-electron chi connectivity index (χ1n) is 10.3. The molecule has 2 fully saturated rings. The number of benzene rings is 1. The molecule has 0 saturated carbocycles. The summed E-state index contributed by atoms with van der Waals surface area (Å²) in [5, 5.41) is 3.73. The highest BCUT2D eigenvalue weighted by Gasteiger charge is 2.36. The number of nitrogens with one attached hydrogen (secondary N) is 1. The van der Waals surface area contributed by atoms with Gasteiger partial charge in [0.05, 0.1) is 0 Å². The third-order valence-corrected chi connectivity index (χ3v) is 6.44. The molecule has 0 unspecified atom stereocenters. The molecule has 3 aromatic rings. The Balaban J connectivity index is 1.28. The number of piperidine rings is 2. The Morgan fingerprint density at radius 3 is 2.50 bits per heavy atom. The fourth-order valence-corrected chi connectivity index (χ4v) is 4.67. The van der Waals surface area contributed by atoms with Crippen LogP contribution < -0.4 is 5.32 Å². The van der Waals surface area contributed by atoms with Crippen molar-refractivity contribution in [1.29, 1.82) is 0 Å². The predicted molar refractivity (Wildman–Crippen MR) is 110 cm³/mol. The molecule has 5 rings (SSSR count). The third-order valence-electron chi connectivity index (χ3n) is 6.44. The standard InChI is InChI=1S/C23H26N4O/c28-22(26-14-10-23(11-15-26)9-1-2-12-25-23)19-5-3-18(4-6-19)20-7-8-21-24-13-16-27(21)17-20/h3-8,13,16-17,25H,1-2,9-12,14-15H2. The van der Waals surface area contributed by atoms with Gasteiger partial charge in [-0.1, -0.05) is 18.6 Å². The van der Waals surface area contributed by atoms with Crippen LogP contribution in [0, 0.1) is 0 Å². The Morgan fingerprint density at radius 1 is 0.964 bits per heavy atom. The number of hydrogen-bond acceptors (Lipinski definition) is 3. The first-order chi connectivity index (χ1) is 13.7. The number of nitrogens with zero attached hydrogens (tertiary/aromatic N) is 3. The number of rotatable bonds is 2. The van der Waals surface area contributed by atoms with Crippen molar-refractivity contribution in [2.75, 3.05) is 19.6 Å². The van der Waals surface area contributed by atoms with Crippen LogP contribution >= 0.6 is 0 Å². The van der Waals surface area contributed by atoms with Gasteiger partial charge in [-0.3, -0.25) is 4.79 Å². The number of hydrogen-bond donors (Lipinski definition) is 1. The van der Waals surface area contributed by atoms with E-state index in [2.05, 4.69) is 22.6 Å². The van der Waals surface area contributed by atoms with Gasteiger partial charge in [-0.2, -0.15) is 0 Å². The van der Waals surface area contributed by atoms with Gasteiger partial charge in [0.2, 0.25) is 0 Å². The summed E-state index contributed by atoms with van der Waals surface area (Å²) in [6.07, 6.45) is 11.8. The highest BCUT2D eigenvalue weighted by atomic mass is 16.2. The zero-order valence-corrected chi connectivity index (χ0v) is 16.1. The minimum absolute atomic E-state index is 0.155. The number of fused-ring (bicyclic) bond motifs is 1. The largest absolute Gasteiger partial charge is 0.339 e. The van der Waals surface area contributed by atoms with Crippen molar-refractivity contribution in [2.45, 2.75) is 37.6 Å². The van der Waals surface area contributed by atoms with Gasteiger partial charge in [-0.05, 0) is 67.6 Å². The Labute approximate surface area is 165 Å². The lowest BCUT2D eigenvalue weighted by Crippen LogP contribution is -2.56. The molecule has 1 amide bonds. The smallest absolute Gasteiger partial charge is 0.253 e. The van der Waals surface area contributed by atoms with E-state index in [0.717, 1.165) is 54.8 Å². The molecular weight excluding hydrogens is 348 g/mol. The topological polar surface area (TPSA) is 49.6 Å². The number of pyridine rings is 1. The summed E-state index contributed by atoms with van der Waals surface area (Å²) in [7, 11) is 0. The molecule has 28 heavy (non-hydrogen) atoms. The van der Waals surface area contributed by atoms with Crippen LogP contribution in [0.15, 0.2) is 55.0 Å². The average molecular weight is 374 g/mol. The molecule has 2 aliphatic rings. The van der Waals surface area contributed by atoms with Gasteiger partial charge in [0.25, 0.3) is 5.91 Å². The molecule has 5 nitrogen and oxygen atoms in total. The molecule has 2 aliphatic heterocycles. The number of aromatic nitrogens is 2. The van der Waals surface area contributed by atoms with Crippen molar-refractivity contribution in [3.8, 4) is 11.1 Å². The summed E-state index contributed by atoms with van der Waals surface area (Å²) in [6, 6.07) is 12.1. The number of carbonyl (C=O) groups excluding carboxylic acids is 1. The second kappa shape index (κ2) is 7.06. The van der Waals surface area contributed by atoms with Crippen molar-refractivity contribution >= 4 is 11.6 Å². The van der Waals surface area contributed by atoms with E-state index >= 15 is 0 Å². The summed E-state index contributed by atoms with van der Waals surface area (Å²) < 4.78 is 2.01. The van der Waals surface area contributed by atoms with Crippen LogP contribution in [-0.4, -0.2) is 45.4 Å². The monoisotopic (exact) mass is 374 g/mol. The number of carbonyl (C=O) groups is 1. The molecule has 144 valence electrons. The Bertz CT molecular complexity index is 975. The fraction of sp³-hybridized carbons (Fsp3) is 0.391. The van der Waals surface area contributed by atoms with Crippen molar-refractivity contribution < 1.29 is 4.79 Å². The Kier molecular flexibility index (Phi) is 4.40. The van der Waals surface area contributed by atoms with Crippen LogP contribution in [0.2, 0.25) is 0 Å². The summed E-state index contributed by atoms with van der Waals surface area (Å²) >= 11 is 0. The molecule has 1 aromatic carbocycles. The highest BCUT2D eigenvalue weighted by molar-refractivity contribution is 5.94. The van der Waals surface area contributed by atoms with Crippen LogP contribution in [-0.2, 0) is 0 Å². The van der Waals surface area contributed by atoms with Crippen LogP contribution in [0.25, 0.3) is 16.8 Å². The Morgan fingerprint density at radius 2 is 1.75 bits per heavy atom. The van der Waals surface area contributed by atoms with E-state index in [1.54, 1.807) is 6.20 Å². The SMILES string of the molecule is O=C(c1ccc(-c2ccc3nccn3c2)cc1)N1CCC2(CCCCN2)CC1. The molecule has 0 radical (unpaired) electrons. The van der Waals surface area contributed by atoms with E-state index in [1.807, 2.05) is 45.8 Å². The zero-order valence-electron chi connectivity index (χ0n) is 16.1. The summed E-state index contributed by atoms with van der Waals surface area (Å²) in [6.45, 7) is 2.83. The van der Waals surface area contributed by atoms with E-state index in [0.29, 0.717) is 0 Å². The molecular formula is C23H26N4O. The minimum Gasteiger partial charge on any atom is -0.339 e. The van der Waals surface area contributed by atoms with E-state index in [9.17, 15) is 4.79 Å². The normalized spacial score (nSPS) is 19.2. The lowest BCUT2D eigenvalue weighted by atomic mass is 9.80. The lowest BCUT2D eigenvalue weighted by Gasteiger charge is -2.45. The Hall–Kier alpha value is -2.66. The van der Waals surface area contributed by atoms with E-state index in [-0.39, 0.29) is 11.4 Å². The summed E-state index contributed by atoms with van der Waals surface area (Å²) in [4.78, 5) is 19.3. The summed E-state index contributed by atoms with van der Waals surface area (Å²) in [5.41, 5.74) is 4.22. The molecule has 2 aromatic heterocycles. The quantitative estimate of drug-likeness (QED) is 0.743. The highest BCUT2D eigenvalue weighted by Crippen LogP contribution is 2.31. The van der Waals surface area contributed by atoms with Crippen molar-refractivity contribution in [3.05, 3.63) is 60.6 Å². The summed E-state index contributed by atoms with van der Waals surface area (Å²) in [5.74, 6) is 0.155. The van der Waals surface area contributed by atoms with E-state index in [1.165, 1.54) is 19.3 Å². The van der Waals surface area contributed by atoms with Crippen molar-refractivity contribution in [1.82, 2.24) is 19.6 Å². The van der Waals surface area contributed by atoms with Crippen LogP contribution in [0.4, 0.5) is 0 Å². The number of amides is 1. The maximum absolute atomic E-state index is 13.0. The van der Waals surface area contributed by atoms with Gasteiger partial charge in [0, 0.05) is 42.8 Å². The maximum atomic E-state index is 13.0. The molecule has 1 N–H and O–H groups in total. The fourth-order valence-electron chi connectivity index (χ4n) is 4.67. The average Bonchev–Trinajstić information content (AvgIpc) is 3.22. The van der Waals surface area contributed by atoms with Crippen molar-refractivity contribution in [2.24, 2.45) is 0 Å². The van der Waals surface area contributed by atoms with Gasteiger partial charge >= 0.3 is 0 Å². The number of imidazole rings is 1. The molecule has 5 heteroatoms. The van der Waals surface area contributed by atoms with Crippen molar-refractivity contribution in [3.63, 3.8) is 0 Å². The van der Waals surface area contributed by atoms with Crippen LogP contribution in [0.3, 0.4) is 0 Å². The maximum Gasteiger partial charge on any atom is 0.253 e. The van der Waals surface area contributed by atoms with Gasteiger partial charge < -0.3 is 14.6 Å². The second-order valence-electron chi connectivity index (χ2n) is 8.14. The van der Waals surface area contributed by atoms with Gasteiger partial charge in [-0.25, -0.2) is 4.98 Å². The van der Waals surface area contributed by atoms with Gasteiger partial charge in [0.1, 0.15) is 5.65 Å². The first kappa shape index (κ1) is 17.4. The molecule has 1 spiro atoms. The minimum atomic E-state index is 0.155. The van der Waals surface area contributed by atoms with Crippen LogP contribution in [0.1, 0.15) is 42.5 Å². The molecule has 2 saturated heterocycles. The number of likely N-dealkylation sites (tertiary alicyclic amines) is 1. The molecule has 4 heterocycles. The predicted octanol–water partition coefficient (Wildman–Crippen LogP) is 3.75. The second-order valence-corrected chi connectivity index (χ2v) is 8.14. The van der Waals surface area contributed by atoms with Crippen LogP contribution in [0.5, 0.6) is 0 Å².